The van der Waals surface area contributed by atoms with Gasteiger partial charge in [-0.25, -0.2) is 0 Å². The van der Waals surface area contributed by atoms with Crippen LogP contribution in [0.2, 0.25) is 0 Å². The molecular formula is C20H15F3N4O. The molecule has 4 aromatic rings. The van der Waals surface area contributed by atoms with Gasteiger partial charge in [-0.05, 0) is 43.7 Å². The van der Waals surface area contributed by atoms with Gasteiger partial charge < -0.3 is 4.52 Å². The number of nitrogens with one attached hydrogen (secondary N) is 1. The van der Waals surface area contributed by atoms with E-state index in [0.29, 0.717) is 5.69 Å². The van der Waals surface area contributed by atoms with Gasteiger partial charge in [0, 0.05) is 11.1 Å². The molecule has 0 amide bonds. The molecular weight excluding hydrogens is 369 g/mol. The number of alkyl halides is 3. The van der Waals surface area contributed by atoms with E-state index in [1.54, 1.807) is 6.07 Å². The van der Waals surface area contributed by atoms with Gasteiger partial charge in [0.2, 0.25) is 5.82 Å². The lowest BCUT2D eigenvalue weighted by Gasteiger charge is -2.06. The Morgan fingerprint density at radius 1 is 1.00 bits per heavy atom. The Morgan fingerprint density at radius 2 is 1.82 bits per heavy atom. The minimum Gasteiger partial charge on any atom is -0.332 e. The molecule has 2 heterocycles. The number of halogens is 3. The Balaban J connectivity index is 1.66. The van der Waals surface area contributed by atoms with Crippen LogP contribution in [0.1, 0.15) is 16.7 Å². The summed E-state index contributed by atoms with van der Waals surface area (Å²) in [6.45, 7) is 3.98. The maximum Gasteiger partial charge on any atom is 0.416 e. The lowest BCUT2D eigenvalue weighted by molar-refractivity contribution is -0.137. The fourth-order valence-electron chi connectivity index (χ4n) is 2.87. The third-order valence-corrected chi connectivity index (χ3v) is 4.35. The van der Waals surface area contributed by atoms with Crippen molar-refractivity contribution in [1.29, 1.82) is 0 Å². The van der Waals surface area contributed by atoms with Gasteiger partial charge >= 0.3 is 6.18 Å². The van der Waals surface area contributed by atoms with Crippen LogP contribution in [0.3, 0.4) is 0 Å². The first kappa shape index (κ1) is 18.0. The first-order chi connectivity index (χ1) is 13.3. The second-order valence-corrected chi connectivity index (χ2v) is 6.49. The van der Waals surface area contributed by atoms with Crippen LogP contribution >= 0.6 is 0 Å². The molecule has 142 valence electrons. The highest BCUT2D eigenvalue weighted by Gasteiger charge is 2.30. The molecule has 0 aliphatic heterocycles. The van der Waals surface area contributed by atoms with Crippen molar-refractivity contribution in [2.45, 2.75) is 20.0 Å². The van der Waals surface area contributed by atoms with Crippen LogP contribution in [0.15, 0.2) is 53.1 Å². The molecule has 0 saturated carbocycles. The van der Waals surface area contributed by atoms with Gasteiger partial charge in [0.15, 0.2) is 0 Å². The Kier molecular flexibility index (Phi) is 4.26. The lowest BCUT2D eigenvalue weighted by Crippen LogP contribution is -2.04. The third kappa shape index (κ3) is 3.40. The molecule has 0 unspecified atom stereocenters. The summed E-state index contributed by atoms with van der Waals surface area (Å²) in [5.74, 6) is 0.223. The van der Waals surface area contributed by atoms with Crippen molar-refractivity contribution >= 4 is 0 Å². The molecule has 0 saturated heterocycles. The van der Waals surface area contributed by atoms with E-state index in [0.717, 1.165) is 34.5 Å². The molecule has 0 aliphatic rings. The molecule has 0 atom stereocenters. The molecule has 2 aromatic carbocycles. The minimum absolute atomic E-state index is 0.0731. The Labute approximate surface area is 158 Å². The fraction of sp³-hybridized carbons (Fsp3) is 0.150. The molecule has 28 heavy (non-hydrogen) atoms. The van der Waals surface area contributed by atoms with Crippen LogP contribution in [-0.2, 0) is 6.18 Å². The Morgan fingerprint density at radius 3 is 2.61 bits per heavy atom. The summed E-state index contributed by atoms with van der Waals surface area (Å²) < 4.78 is 43.9. The van der Waals surface area contributed by atoms with E-state index in [9.17, 15) is 13.2 Å². The van der Waals surface area contributed by atoms with Gasteiger partial charge in [-0.1, -0.05) is 35.0 Å². The average Bonchev–Trinajstić information content (AvgIpc) is 3.32. The molecule has 0 radical (unpaired) electrons. The van der Waals surface area contributed by atoms with Crippen molar-refractivity contribution in [2.75, 3.05) is 0 Å². The maximum absolute atomic E-state index is 12.9. The highest BCUT2D eigenvalue weighted by Crippen LogP contribution is 2.32. The molecule has 0 bridgehead atoms. The van der Waals surface area contributed by atoms with Crippen molar-refractivity contribution in [3.8, 4) is 34.2 Å². The van der Waals surface area contributed by atoms with E-state index >= 15 is 0 Å². The summed E-state index contributed by atoms with van der Waals surface area (Å²) in [7, 11) is 0. The molecule has 2 aromatic heterocycles. The van der Waals surface area contributed by atoms with Crippen molar-refractivity contribution in [2.24, 2.45) is 0 Å². The second-order valence-electron chi connectivity index (χ2n) is 6.49. The molecule has 0 spiro atoms. The van der Waals surface area contributed by atoms with Gasteiger partial charge in [0.05, 0.1) is 11.3 Å². The summed E-state index contributed by atoms with van der Waals surface area (Å²) in [4.78, 5) is 4.20. The van der Waals surface area contributed by atoms with Gasteiger partial charge in [0.25, 0.3) is 5.89 Å². The van der Waals surface area contributed by atoms with Crippen LogP contribution in [0.4, 0.5) is 13.2 Å². The molecule has 0 fully saturated rings. The monoisotopic (exact) mass is 384 g/mol. The van der Waals surface area contributed by atoms with E-state index in [1.165, 1.54) is 12.1 Å². The number of benzene rings is 2. The zero-order valence-corrected chi connectivity index (χ0v) is 15.0. The summed E-state index contributed by atoms with van der Waals surface area (Å²) in [6, 6.07) is 12.6. The third-order valence-electron chi connectivity index (χ3n) is 4.35. The average molecular weight is 384 g/mol. The summed E-state index contributed by atoms with van der Waals surface area (Å²) >= 11 is 0. The maximum atomic E-state index is 12.9. The van der Waals surface area contributed by atoms with E-state index in [1.807, 2.05) is 32.0 Å². The summed E-state index contributed by atoms with van der Waals surface area (Å²) in [5.41, 5.74) is 3.81. The highest BCUT2D eigenvalue weighted by molar-refractivity contribution is 5.68. The van der Waals surface area contributed by atoms with Crippen LogP contribution in [0.5, 0.6) is 0 Å². The first-order valence-electron chi connectivity index (χ1n) is 8.46. The predicted octanol–water partition coefficient (Wildman–Crippen LogP) is 5.43. The number of aryl methyl sites for hydroxylation is 2. The number of H-pyrrole nitrogens is 1. The Bertz CT molecular complexity index is 1140. The summed E-state index contributed by atoms with van der Waals surface area (Å²) in [6.07, 6.45) is -4.44. The summed E-state index contributed by atoms with van der Waals surface area (Å²) in [5, 5.41) is 10.9. The number of rotatable bonds is 3. The molecule has 1 N–H and O–H groups in total. The number of hydrogen-bond acceptors (Lipinski definition) is 4. The van der Waals surface area contributed by atoms with Crippen LogP contribution < -0.4 is 0 Å². The second kappa shape index (κ2) is 6.63. The zero-order chi connectivity index (χ0) is 19.9. The normalized spacial score (nSPS) is 11.8. The predicted molar refractivity (Wildman–Crippen MR) is 97.2 cm³/mol. The highest BCUT2D eigenvalue weighted by atomic mass is 19.4. The number of nitrogens with zero attached hydrogens (tertiary/aromatic N) is 3. The first-order valence-corrected chi connectivity index (χ1v) is 8.46. The smallest absolute Gasteiger partial charge is 0.332 e. The van der Waals surface area contributed by atoms with Gasteiger partial charge in [-0.3, -0.25) is 5.10 Å². The fourth-order valence-corrected chi connectivity index (χ4v) is 2.87. The van der Waals surface area contributed by atoms with Crippen LogP contribution in [0, 0.1) is 13.8 Å². The SMILES string of the molecule is Cc1ccc(C)c(-c2cc(-c3nc(-c4cccc(C(F)(F)F)c4)no3)[nH]n2)c1. The van der Waals surface area contributed by atoms with E-state index in [4.69, 9.17) is 4.52 Å². The van der Waals surface area contributed by atoms with E-state index in [-0.39, 0.29) is 17.3 Å². The van der Waals surface area contributed by atoms with Gasteiger partial charge in [-0.2, -0.15) is 23.3 Å². The molecule has 0 aliphatic carbocycles. The van der Waals surface area contributed by atoms with Gasteiger partial charge in [-0.15, -0.1) is 0 Å². The quantitative estimate of drug-likeness (QED) is 0.511. The Hall–Kier alpha value is -3.42. The van der Waals surface area contributed by atoms with Gasteiger partial charge in [0.1, 0.15) is 5.69 Å². The zero-order valence-electron chi connectivity index (χ0n) is 15.0. The van der Waals surface area contributed by atoms with E-state index < -0.39 is 11.7 Å². The standard InChI is InChI=1S/C20H15F3N4O/c1-11-6-7-12(2)15(8-11)16-10-17(26-25-16)19-24-18(27-28-19)13-4-3-5-14(9-13)20(21,22)23/h3-10H,1-2H3,(H,25,26). The lowest BCUT2D eigenvalue weighted by atomic mass is 10.0. The van der Waals surface area contributed by atoms with Crippen molar-refractivity contribution < 1.29 is 17.7 Å². The van der Waals surface area contributed by atoms with Crippen molar-refractivity contribution in [3.63, 3.8) is 0 Å². The molecule has 5 nitrogen and oxygen atoms in total. The van der Waals surface area contributed by atoms with Crippen LogP contribution in [-0.4, -0.2) is 20.3 Å². The largest absolute Gasteiger partial charge is 0.416 e. The molecule has 4 rings (SSSR count). The van der Waals surface area contributed by atoms with Crippen molar-refractivity contribution in [3.05, 3.63) is 65.2 Å². The molecule has 8 heteroatoms. The van der Waals surface area contributed by atoms with E-state index in [2.05, 4.69) is 20.3 Å². The topological polar surface area (TPSA) is 67.6 Å². The minimum atomic E-state index is -4.44. The number of aromatic nitrogens is 4. The van der Waals surface area contributed by atoms with Crippen LogP contribution in [0.25, 0.3) is 34.2 Å². The number of aromatic amines is 1. The number of hydrogen-bond donors (Lipinski definition) is 1. The van der Waals surface area contributed by atoms with Crippen molar-refractivity contribution in [1.82, 2.24) is 20.3 Å².